The van der Waals surface area contributed by atoms with E-state index in [1.807, 2.05) is 12.1 Å². The molecule has 3 aromatic carbocycles. The Balaban J connectivity index is 0.00000208. The van der Waals surface area contributed by atoms with Gasteiger partial charge in [-0.15, -0.1) is 5.56 Å². The van der Waals surface area contributed by atoms with Crippen molar-refractivity contribution in [1.82, 2.24) is 0 Å². The van der Waals surface area contributed by atoms with Crippen LogP contribution in [0.15, 0.2) is 84.9 Å². The fourth-order valence-electron chi connectivity index (χ4n) is 3.81. The zero-order chi connectivity index (χ0) is 16.3. The van der Waals surface area contributed by atoms with Crippen molar-refractivity contribution in [2.45, 2.75) is 26.2 Å². The first-order valence-corrected chi connectivity index (χ1v) is 8.14. The van der Waals surface area contributed by atoms with Crippen LogP contribution in [0.2, 0.25) is 0 Å². The van der Waals surface area contributed by atoms with Gasteiger partial charge in [-0.25, -0.2) is 0 Å². The van der Waals surface area contributed by atoms with Crippen molar-refractivity contribution in [3.8, 4) is 0 Å². The predicted molar refractivity (Wildman–Crippen MR) is 97.5 cm³/mol. The largest absolute Gasteiger partial charge is 0.184 e. The van der Waals surface area contributed by atoms with Gasteiger partial charge < -0.3 is 0 Å². The fraction of sp³-hybridized carbons (Fsp3) is 0.217. The molecule has 0 aliphatic rings. The van der Waals surface area contributed by atoms with E-state index in [2.05, 4.69) is 99.6 Å². The SMILES string of the molecule is CC(C)(C)C(c1cc[c-]cc1)(c1ccccc1)c1ccccc1.[Y]. The van der Waals surface area contributed by atoms with Gasteiger partial charge in [-0.1, -0.05) is 81.4 Å². The topological polar surface area (TPSA) is 0 Å². The van der Waals surface area contributed by atoms with Crippen LogP contribution in [0.4, 0.5) is 0 Å². The van der Waals surface area contributed by atoms with Crippen LogP contribution in [-0.4, -0.2) is 0 Å². The molecular weight excluding hydrogens is 365 g/mol. The minimum Gasteiger partial charge on any atom is -0.184 e. The molecule has 1 heteroatoms. The molecule has 0 bridgehead atoms. The van der Waals surface area contributed by atoms with Crippen molar-refractivity contribution in [2.75, 3.05) is 0 Å². The molecule has 0 fully saturated rings. The predicted octanol–water partition coefficient (Wildman–Crippen LogP) is 5.86. The monoisotopic (exact) mass is 388 g/mol. The molecule has 0 aliphatic heterocycles. The van der Waals surface area contributed by atoms with Gasteiger partial charge in [0.15, 0.2) is 0 Å². The molecule has 0 spiro atoms. The van der Waals surface area contributed by atoms with E-state index < -0.39 is 0 Å². The zero-order valence-corrected chi connectivity index (χ0v) is 17.5. The molecule has 1 radical (unpaired) electrons. The fourth-order valence-corrected chi connectivity index (χ4v) is 3.81. The molecule has 0 aliphatic carbocycles. The van der Waals surface area contributed by atoms with Crippen LogP contribution in [-0.2, 0) is 38.1 Å². The van der Waals surface area contributed by atoms with Crippen LogP contribution in [0.1, 0.15) is 37.5 Å². The van der Waals surface area contributed by atoms with Crippen molar-refractivity contribution < 1.29 is 32.7 Å². The molecular formula is C23H23Y-. The molecule has 0 atom stereocenters. The Labute approximate surface area is 171 Å². The maximum absolute atomic E-state index is 3.16. The summed E-state index contributed by atoms with van der Waals surface area (Å²) < 4.78 is 0. The quantitative estimate of drug-likeness (QED) is 0.389. The summed E-state index contributed by atoms with van der Waals surface area (Å²) in [5.74, 6) is 0. The third-order valence-corrected chi connectivity index (χ3v) is 4.69. The summed E-state index contributed by atoms with van der Waals surface area (Å²) in [4.78, 5) is 0. The molecule has 119 valence electrons. The maximum atomic E-state index is 3.16. The van der Waals surface area contributed by atoms with Crippen LogP contribution < -0.4 is 0 Å². The van der Waals surface area contributed by atoms with Crippen molar-refractivity contribution in [2.24, 2.45) is 5.41 Å². The first-order chi connectivity index (χ1) is 11.1. The average molecular weight is 388 g/mol. The molecule has 0 saturated heterocycles. The summed E-state index contributed by atoms with van der Waals surface area (Å²) in [6.45, 7) is 6.97. The molecule has 24 heavy (non-hydrogen) atoms. The van der Waals surface area contributed by atoms with E-state index in [9.17, 15) is 0 Å². The van der Waals surface area contributed by atoms with E-state index in [-0.39, 0.29) is 43.5 Å². The van der Waals surface area contributed by atoms with E-state index in [1.165, 1.54) is 16.7 Å². The third kappa shape index (κ3) is 3.28. The van der Waals surface area contributed by atoms with Crippen molar-refractivity contribution in [1.29, 1.82) is 0 Å². The molecule has 3 rings (SSSR count). The van der Waals surface area contributed by atoms with Crippen LogP contribution in [0.3, 0.4) is 0 Å². The van der Waals surface area contributed by atoms with E-state index in [1.54, 1.807) is 0 Å². The van der Waals surface area contributed by atoms with Crippen LogP contribution in [0.25, 0.3) is 0 Å². The smallest absolute Gasteiger partial charge is 0.0280 e. The van der Waals surface area contributed by atoms with Gasteiger partial charge in [-0.3, -0.25) is 0 Å². The average Bonchev–Trinajstić information content (AvgIpc) is 2.57. The van der Waals surface area contributed by atoms with Gasteiger partial charge in [0.05, 0.1) is 0 Å². The Morgan fingerprint density at radius 2 is 0.958 bits per heavy atom. The van der Waals surface area contributed by atoms with Gasteiger partial charge in [0.25, 0.3) is 0 Å². The van der Waals surface area contributed by atoms with Gasteiger partial charge in [0, 0.05) is 38.1 Å². The molecule has 0 N–H and O–H groups in total. The molecule has 0 heterocycles. The number of benzene rings is 3. The van der Waals surface area contributed by atoms with Gasteiger partial charge in [0.2, 0.25) is 0 Å². The Bertz CT molecular complexity index is 644. The zero-order valence-electron chi connectivity index (χ0n) is 14.7. The molecule has 0 nitrogen and oxygen atoms in total. The van der Waals surface area contributed by atoms with E-state index in [0.29, 0.717) is 0 Å². The molecule has 3 aromatic rings. The number of rotatable bonds is 3. The number of hydrogen-bond donors (Lipinski definition) is 0. The first-order valence-electron chi connectivity index (χ1n) is 8.14. The summed E-state index contributed by atoms with van der Waals surface area (Å²) in [5.41, 5.74) is 3.76. The second kappa shape index (κ2) is 7.76. The standard InChI is InChI=1S/C23H23.Y/c1-22(2,3)23(19-13-7-4-8-14-19,20-15-9-5-10-16-20)21-17-11-6-12-18-21;/h4-5,7-18H,1-3H3;/q-1;. The second-order valence-electron chi connectivity index (χ2n) is 7.02. The van der Waals surface area contributed by atoms with E-state index >= 15 is 0 Å². The van der Waals surface area contributed by atoms with Crippen LogP contribution in [0.5, 0.6) is 0 Å². The van der Waals surface area contributed by atoms with Crippen molar-refractivity contribution in [3.63, 3.8) is 0 Å². The molecule has 0 aromatic heterocycles. The minimum atomic E-state index is -0.204. The summed E-state index contributed by atoms with van der Waals surface area (Å²) in [6.07, 6.45) is 0. The Morgan fingerprint density at radius 1 is 0.583 bits per heavy atom. The Morgan fingerprint density at radius 3 is 1.33 bits per heavy atom. The van der Waals surface area contributed by atoms with Gasteiger partial charge in [-0.05, 0) is 16.5 Å². The van der Waals surface area contributed by atoms with Crippen molar-refractivity contribution in [3.05, 3.63) is 108 Å². The first kappa shape index (κ1) is 19.1. The summed E-state index contributed by atoms with van der Waals surface area (Å²) in [5, 5.41) is 0. The summed E-state index contributed by atoms with van der Waals surface area (Å²) in [7, 11) is 0. The molecule has 0 amide bonds. The summed E-state index contributed by atoms with van der Waals surface area (Å²) in [6, 6.07) is 33.3. The van der Waals surface area contributed by atoms with E-state index in [4.69, 9.17) is 0 Å². The maximum Gasteiger partial charge on any atom is 0.0280 e. The van der Waals surface area contributed by atoms with Crippen molar-refractivity contribution >= 4 is 0 Å². The molecule has 0 saturated carbocycles. The third-order valence-electron chi connectivity index (χ3n) is 4.69. The van der Waals surface area contributed by atoms with Crippen LogP contribution in [0, 0.1) is 11.5 Å². The normalized spacial score (nSPS) is 11.6. The minimum absolute atomic E-state index is 0. The second-order valence-corrected chi connectivity index (χ2v) is 7.02. The van der Waals surface area contributed by atoms with Crippen LogP contribution >= 0.6 is 0 Å². The number of hydrogen-bond acceptors (Lipinski definition) is 0. The Hall–Kier alpha value is -1.24. The Kier molecular flexibility index (Phi) is 6.18. The van der Waals surface area contributed by atoms with E-state index in [0.717, 1.165) is 0 Å². The van der Waals surface area contributed by atoms with Gasteiger partial charge in [0.1, 0.15) is 0 Å². The summed E-state index contributed by atoms with van der Waals surface area (Å²) >= 11 is 0. The molecule has 0 unspecified atom stereocenters. The van der Waals surface area contributed by atoms with Gasteiger partial charge in [-0.2, -0.15) is 30.3 Å². The van der Waals surface area contributed by atoms with Gasteiger partial charge >= 0.3 is 0 Å².